The van der Waals surface area contributed by atoms with Gasteiger partial charge in [-0.15, -0.1) is 0 Å². The molecular formula is C46H47F5N4O9. The molecule has 0 spiro atoms. The van der Waals surface area contributed by atoms with Crippen LogP contribution in [-0.2, 0) is 51.2 Å². The molecule has 3 heterocycles. The van der Waals surface area contributed by atoms with E-state index in [2.05, 4.69) is 9.88 Å². The standard InChI is InChI=1S/C42H41F5N4O3.C4H6O6/c43-36-6-3-4-31(40(36)44)14-17-38-48-41(53)35-5-1-2-7-37(35)51(38)27-39(52)50(34-18-22-49(23-19-34)33-20-24-54-25-21-33)26-28-8-10-29(11-9-28)30-12-15-32(16-13-30)42(45,46)47;5-1(3(7)8)2(6)4(9)10/h1-13,15-16,33-34H,14,17-27H2;1-2,5-6H,(H,7,8)(H,9,10). The number of piperidine rings is 1. The molecule has 4 aromatic carbocycles. The van der Waals surface area contributed by atoms with Gasteiger partial charge in [-0.1, -0.05) is 60.7 Å². The van der Waals surface area contributed by atoms with Crippen molar-refractivity contribution in [2.45, 2.75) is 82.1 Å². The van der Waals surface area contributed by atoms with Crippen LogP contribution in [-0.4, -0.2) is 108 Å². The summed E-state index contributed by atoms with van der Waals surface area (Å²) < 4.78 is 75.3. The number of likely N-dealkylation sites (tertiary alicyclic amines) is 1. The average Bonchev–Trinajstić information content (AvgIpc) is 3.29. The van der Waals surface area contributed by atoms with Gasteiger partial charge >= 0.3 is 18.1 Å². The summed E-state index contributed by atoms with van der Waals surface area (Å²) in [5, 5.41) is 32.9. The average molecular weight is 895 g/mol. The number of para-hydroxylation sites is 1. The van der Waals surface area contributed by atoms with Gasteiger partial charge in [0.1, 0.15) is 12.4 Å². The fourth-order valence-electron chi connectivity index (χ4n) is 8.00. The summed E-state index contributed by atoms with van der Waals surface area (Å²) in [6.07, 6.45) is -5.29. The van der Waals surface area contributed by atoms with Gasteiger partial charge in [-0.3, -0.25) is 9.59 Å². The first kappa shape index (κ1) is 47.4. The summed E-state index contributed by atoms with van der Waals surface area (Å²) in [6.45, 7) is 3.32. The van der Waals surface area contributed by atoms with E-state index in [1.807, 2.05) is 29.2 Å². The number of benzene rings is 4. The number of carbonyl (C=O) groups is 3. The Morgan fingerprint density at radius 3 is 1.97 bits per heavy atom. The quantitative estimate of drug-likeness (QED) is 0.107. The van der Waals surface area contributed by atoms with Crippen molar-refractivity contribution in [3.05, 3.63) is 135 Å². The zero-order valence-electron chi connectivity index (χ0n) is 34.5. The van der Waals surface area contributed by atoms with Gasteiger partial charge in [0.15, 0.2) is 23.8 Å². The summed E-state index contributed by atoms with van der Waals surface area (Å²) in [6, 6.07) is 23.8. The summed E-state index contributed by atoms with van der Waals surface area (Å²) >= 11 is 0. The van der Waals surface area contributed by atoms with Crippen LogP contribution in [0.2, 0.25) is 0 Å². The molecule has 340 valence electrons. The molecule has 2 aliphatic rings. The van der Waals surface area contributed by atoms with Gasteiger partial charge in [0, 0.05) is 51.4 Å². The topological polar surface area (TPSA) is 183 Å². The number of halogens is 5. The lowest BCUT2D eigenvalue weighted by atomic mass is 9.97. The van der Waals surface area contributed by atoms with Crippen LogP contribution in [0.3, 0.4) is 0 Å². The number of amides is 1. The molecule has 2 unspecified atom stereocenters. The van der Waals surface area contributed by atoms with E-state index < -0.39 is 53.1 Å². The minimum absolute atomic E-state index is 0.0717. The van der Waals surface area contributed by atoms with Crippen molar-refractivity contribution in [1.82, 2.24) is 19.4 Å². The van der Waals surface area contributed by atoms with Crippen LogP contribution in [0.1, 0.15) is 48.2 Å². The molecule has 7 rings (SSSR count). The minimum atomic E-state index is -4.42. The van der Waals surface area contributed by atoms with Gasteiger partial charge in [-0.25, -0.2) is 18.4 Å². The van der Waals surface area contributed by atoms with E-state index >= 15 is 0 Å². The highest BCUT2D eigenvalue weighted by atomic mass is 19.4. The van der Waals surface area contributed by atoms with Gasteiger partial charge in [-0.2, -0.15) is 18.2 Å². The fourth-order valence-corrected chi connectivity index (χ4v) is 8.00. The number of aliphatic hydroxyl groups is 2. The molecule has 2 aliphatic heterocycles. The minimum Gasteiger partial charge on any atom is -0.479 e. The van der Waals surface area contributed by atoms with Crippen molar-refractivity contribution in [1.29, 1.82) is 0 Å². The first-order chi connectivity index (χ1) is 30.5. The molecule has 18 heteroatoms. The van der Waals surface area contributed by atoms with Crippen LogP contribution in [0.4, 0.5) is 22.0 Å². The first-order valence-corrected chi connectivity index (χ1v) is 20.6. The van der Waals surface area contributed by atoms with Crippen molar-refractivity contribution in [3.8, 4) is 11.1 Å². The molecule has 4 N–H and O–H groups in total. The lowest BCUT2D eigenvalue weighted by molar-refractivity contribution is -0.165. The number of nitrogens with zero attached hydrogens (tertiary/aromatic N) is 4. The maximum Gasteiger partial charge on any atom is 0.416 e. The van der Waals surface area contributed by atoms with Crippen LogP contribution in [0.15, 0.2) is 95.8 Å². The third-order valence-electron chi connectivity index (χ3n) is 11.5. The molecule has 64 heavy (non-hydrogen) atoms. The maximum atomic E-state index is 14.6. The summed E-state index contributed by atoms with van der Waals surface area (Å²) in [5.41, 5.74) is 1.75. The van der Waals surface area contributed by atoms with E-state index in [0.29, 0.717) is 34.9 Å². The van der Waals surface area contributed by atoms with Crippen molar-refractivity contribution < 1.29 is 61.5 Å². The molecule has 1 aromatic heterocycles. The van der Waals surface area contributed by atoms with Gasteiger partial charge in [0.2, 0.25) is 5.91 Å². The van der Waals surface area contributed by atoms with Crippen LogP contribution in [0, 0.1) is 11.6 Å². The highest BCUT2D eigenvalue weighted by Gasteiger charge is 2.33. The van der Waals surface area contributed by atoms with E-state index in [9.17, 15) is 41.1 Å². The number of hydrogen-bond acceptors (Lipinski definition) is 9. The number of hydrogen-bond donors (Lipinski definition) is 4. The number of aliphatic hydroxyl groups excluding tert-OH is 2. The van der Waals surface area contributed by atoms with E-state index in [1.54, 1.807) is 28.8 Å². The predicted octanol–water partition coefficient (Wildman–Crippen LogP) is 5.70. The monoisotopic (exact) mass is 894 g/mol. The fraction of sp³-hybridized carbons (Fsp3) is 0.370. The zero-order valence-corrected chi connectivity index (χ0v) is 34.5. The Bertz CT molecular complexity index is 2450. The highest BCUT2D eigenvalue weighted by molar-refractivity contribution is 5.83. The van der Waals surface area contributed by atoms with Crippen LogP contribution in [0.25, 0.3) is 22.0 Å². The number of alkyl halides is 3. The molecule has 5 aromatic rings. The maximum absolute atomic E-state index is 14.6. The highest BCUT2D eigenvalue weighted by Crippen LogP contribution is 2.32. The number of ether oxygens (including phenoxy) is 1. The lowest BCUT2D eigenvalue weighted by Crippen LogP contribution is -2.51. The van der Waals surface area contributed by atoms with Gasteiger partial charge in [0.25, 0.3) is 5.56 Å². The van der Waals surface area contributed by atoms with Gasteiger partial charge in [-0.05, 0) is 84.7 Å². The summed E-state index contributed by atoms with van der Waals surface area (Å²) in [5.74, 6) is -5.33. The first-order valence-electron chi connectivity index (χ1n) is 20.6. The van der Waals surface area contributed by atoms with E-state index in [0.717, 1.165) is 81.3 Å². The molecular weight excluding hydrogens is 848 g/mol. The molecule has 0 bridgehead atoms. The van der Waals surface area contributed by atoms with Crippen molar-refractivity contribution >= 4 is 28.7 Å². The van der Waals surface area contributed by atoms with Gasteiger partial charge in [0.05, 0.1) is 16.5 Å². The van der Waals surface area contributed by atoms with Crippen LogP contribution < -0.4 is 5.56 Å². The zero-order chi connectivity index (χ0) is 46.1. The molecule has 1 amide bonds. The predicted molar refractivity (Wildman–Crippen MR) is 223 cm³/mol. The number of rotatable bonds is 13. The molecule has 0 aliphatic carbocycles. The molecule has 0 radical (unpaired) electrons. The third kappa shape index (κ3) is 11.7. The van der Waals surface area contributed by atoms with E-state index in [1.165, 1.54) is 24.3 Å². The Kier molecular flexibility index (Phi) is 15.6. The normalized spacial score (nSPS) is 16.1. The number of aliphatic carboxylic acids is 2. The smallest absolute Gasteiger partial charge is 0.416 e. The van der Waals surface area contributed by atoms with Crippen LogP contribution >= 0.6 is 0 Å². The van der Waals surface area contributed by atoms with Crippen molar-refractivity contribution in [2.75, 3.05) is 26.3 Å². The number of carboxylic acids is 2. The van der Waals surface area contributed by atoms with Gasteiger partial charge < -0.3 is 39.5 Å². The number of aryl methyl sites for hydroxylation is 2. The molecule has 13 nitrogen and oxygen atoms in total. The second-order valence-electron chi connectivity index (χ2n) is 15.6. The summed E-state index contributed by atoms with van der Waals surface area (Å²) in [4.78, 5) is 56.0. The van der Waals surface area contributed by atoms with E-state index in [-0.39, 0.29) is 36.9 Å². The van der Waals surface area contributed by atoms with E-state index in [4.69, 9.17) is 25.2 Å². The number of aromatic nitrogens is 2. The molecule has 2 fully saturated rings. The Morgan fingerprint density at radius 1 is 0.781 bits per heavy atom. The Morgan fingerprint density at radius 2 is 1.38 bits per heavy atom. The molecule has 2 atom stereocenters. The third-order valence-corrected chi connectivity index (χ3v) is 11.5. The van der Waals surface area contributed by atoms with Crippen molar-refractivity contribution in [3.63, 3.8) is 0 Å². The Labute approximate surface area is 364 Å². The number of fused-ring (bicyclic) bond motifs is 1. The summed E-state index contributed by atoms with van der Waals surface area (Å²) in [7, 11) is 0. The van der Waals surface area contributed by atoms with Crippen LogP contribution in [0.5, 0.6) is 0 Å². The Balaban J connectivity index is 0.000000608. The SMILES string of the molecule is O=C(Cn1c(CCc2cccc(F)c2F)nc(=O)c2ccccc21)N(Cc1ccc(-c2ccc(C(F)(F)F)cc2)cc1)C1CCN(C2CCOCC2)CC1.O=C(O)C(O)C(O)C(=O)O. The number of carboxylic acid groups (broad SMARTS) is 2. The van der Waals surface area contributed by atoms with Crippen molar-refractivity contribution in [2.24, 2.45) is 0 Å². The largest absolute Gasteiger partial charge is 0.479 e. The lowest BCUT2D eigenvalue weighted by Gasteiger charge is -2.42. The molecule has 0 saturated carbocycles. The Hall–Kier alpha value is -6.08. The number of carbonyl (C=O) groups excluding carboxylic acids is 1. The second-order valence-corrected chi connectivity index (χ2v) is 15.6. The second kappa shape index (κ2) is 21.1. The molecule has 2 saturated heterocycles.